The van der Waals surface area contributed by atoms with E-state index in [0.717, 1.165) is 6.07 Å². The Hall–Kier alpha value is -2.18. The molecule has 7 heteroatoms. The van der Waals surface area contributed by atoms with Crippen molar-refractivity contribution in [2.24, 2.45) is 5.92 Å². The highest BCUT2D eigenvalue weighted by Gasteiger charge is 2.26. The monoisotopic (exact) mass is 298 g/mol. The lowest BCUT2D eigenvalue weighted by molar-refractivity contribution is -0.384. The van der Waals surface area contributed by atoms with Crippen molar-refractivity contribution in [2.75, 3.05) is 11.4 Å². The summed E-state index contributed by atoms with van der Waals surface area (Å²) in [7, 11) is 0. The topological polar surface area (TPSA) is 83.7 Å². The molecule has 0 unspecified atom stereocenters. The maximum Gasteiger partial charge on any atom is 0.338 e. The van der Waals surface area contributed by atoms with Crippen molar-refractivity contribution in [3.63, 3.8) is 0 Å². The largest absolute Gasteiger partial charge is 0.478 e. The van der Waals surface area contributed by atoms with Gasteiger partial charge in [-0.1, -0.05) is 13.8 Å². The molecule has 6 nitrogen and oxygen atoms in total. The lowest BCUT2D eigenvalue weighted by atomic mass is 10.1. The molecule has 0 heterocycles. The molecule has 0 spiro atoms. The molecular formula is C14H19FN2O4. The maximum atomic E-state index is 13.7. The van der Waals surface area contributed by atoms with Crippen molar-refractivity contribution in [1.82, 2.24) is 0 Å². The zero-order valence-electron chi connectivity index (χ0n) is 12.5. The average Bonchev–Trinajstić information content (AvgIpc) is 2.34. The lowest BCUT2D eigenvalue weighted by Gasteiger charge is -2.30. The van der Waals surface area contributed by atoms with Gasteiger partial charge in [0.25, 0.3) is 5.69 Å². The van der Waals surface area contributed by atoms with Crippen LogP contribution in [0, 0.1) is 21.8 Å². The molecule has 1 N–H and O–H groups in total. The fourth-order valence-corrected chi connectivity index (χ4v) is 2.07. The molecular weight excluding hydrogens is 279 g/mol. The van der Waals surface area contributed by atoms with E-state index in [1.54, 1.807) is 4.90 Å². The number of carbonyl (C=O) groups is 1. The number of aromatic carboxylic acids is 1. The number of anilines is 1. The summed E-state index contributed by atoms with van der Waals surface area (Å²) < 4.78 is 13.7. The predicted molar refractivity (Wildman–Crippen MR) is 77.3 cm³/mol. The Kier molecular flexibility index (Phi) is 5.23. The number of nitro benzene ring substituents is 1. The summed E-state index contributed by atoms with van der Waals surface area (Å²) in [6, 6.07) is 1.63. The van der Waals surface area contributed by atoms with E-state index >= 15 is 0 Å². The summed E-state index contributed by atoms with van der Waals surface area (Å²) >= 11 is 0. The number of benzene rings is 1. The van der Waals surface area contributed by atoms with Gasteiger partial charge in [-0.05, 0) is 25.8 Å². The highest BCUT2D eigenvalue weighted by atomic mass is 19.1. The third-order valence-electron chi connectivity index (χ3n) is 2.99. The Morgan fingerprint density at radius 2 is 1.95 bits per heavy atom. The smallest absolute Gasteiger partial charge is 0.338 e. The highest BCUT2D eigenvalue weighted by molar-refractivity contribution is 5.90. The molecule has 1 aromatic rings. The molecule has 0 aromatic heterocycles. The fourth-order valence-electron chi connectivity index (χ4n) is 2.07. The fraction of sp³-hybridized carbons (Fsp3) is 0.500. The van der Waals surface area contributed by atoms with Gasteiger partial charge in [0, 0.05) is 12.6 Å². The summed E-state index contributed by atoms with van der Waals surface area (Å²) in [5.74, 6) is -2.34. The van der Waals surface area contributed by atoms with Gasteiger partial charge in [0.1, 0.15) is 11.5 Å². The lowest BCUT2D eigenvalue weighted by Crippen LogP contribution is -2.34. The third kappa shape index (κ3) is 3.90. The predicted octanol–water partition coefficient (Wildman–Crippen LogP) is 3.30. The summed E-state index contributed by atoms with van der Waals surface area (Å²) in [6.45, 7) is 8.08. The van der Waals surface area contributed by atoms with Gasteiger partial charge in [0.2, 0.25) is 0 Å². The van der Waals surface area contributed by atoms with Gasteiger partial charge >= 0.3 is 5.97 Å². The van der Waals surface area contributed by atoms with Gasteiger partial charge < -0.3 is 10.0 Å². The van der Waals surface area contributed by atoms with Crippen LogP contribution in [-0.4, -0.2) is 28.6 Å². The first kappa shape index (κ1) is 16.9. The highest BCUT2D eigenvalue weighted by Crippen LogP contribution is 2.33. The number of halogens is 1. The second-order valence-electron chi connectivity index (χ2n) is 5.52. The molecule has 0 radical (unpaired) electrons. The van der Waals surface area contributed by atoms with Gasteiger partial charge in [-0.25, -0.2) is 9.18 Å². The number of nitrogens with zero attached hydrogens (tertiary/aromatic N) is 2. The number of carboxylic acids is 1. The average molecular weight is 298 g/mol. The number of hydrogen-bond acceptors (Lipinski definition) is 4. The van der Waals surface area contributed by atoms with Crippen molar-refractivity contribution in [1.29, 1.82) is 0 Å². The van der Waals surface area contributed by atoms with Crippen LogP contribution < -0.4 is 4.90 Å². The molecule has 1 rings (SSSR count). The van der Waals surface area contributed by atoms with Crippen molar-refractivity contribution >= 4 is 17.3 Å². The minimum Gasteiger partial charge on any atom is -0.478 e. The molecule has 21 heavy (non-hydrogen) atoms. The van der Waals surface area contributed by atoms with Gasteiger partial charge in [0.15, 0.2) is 0 Å². The Bertz CT molecular complexity index is 558. The van der Waals surface area contributed by atoms with Crippen LogP contribution in [0.25, 0.3) is 0 Å². The maximum absolute atomic E-state index is 13.7. The van der Waals surface area contributed by atoms with Crippen LogP contribution >= 0.6 is 0 Å². The summed E-state index contributed by atoms with van der Waals surface area (Å²) in [4.78, 5) is 23.2. The van der Waals surface area contributed by atoms with Crippen LogP contribution in [0.2, 0.25) is 0 Å². The van der Waals surface area contributed by atoms with E-state index in [-0.39, 0.29) is 17.6 Å². The van der Waals surface area contributed by atoms with E-state index in [1.807, 2.05) is 27.7 Å². The normalized spacial score (nSPS) is 11.0. The first-order chi connectivity index (χ1) is 9.65. The summed E-state index contributed by atoms with van der Waals surface area (Å²) in [6.07, 6.45) is 0. The molecule has 0 bridgehead atoms. The van der Waals surface area contributed by atoms with E-state index < -0.39 is 28.0 Å². The number of carboxylic acid groups (broad SMARTS) is 1. The van der Waals surface area contributed by atoms with E-state index in [4.69, 9.17) is 5.11 Å². The Morgan fingerprint density at radius 1 is 1.38 bits per heavy atom. The third-order valence-corrected chi connectivity index (χ3v) is 2.99. The van der Waals surface area contributed by atoms with Crippen molar-refractivity contribution < 1.29 is 19.2 Å². The standard InChI is InChI=1S/C14H19FN2O4/c1-8(2)7-16(9(3)4)12-5-10(14(18)19)11(15)6-13(12)17(20)21/h5-6,8-9H,7H2,1-4H3,(H,18,19). The van der Waals surface area contributed by atoms with Crippen molar-refractivity contribution in [2.45, 2.75) is 33.7 Å². The zero-order chi connectivity index (χ0) is 16.3. The molecule has 1 aromatic carbocycles. The van der Waals surface area contributed by atoms with Gasteiger partial charge in [-0.3, -0.25) is 10.1 Å². The molecule has 0 saturated carbocycles. The first-order valence-electron chi connectivity index (χ1n) is 6.63. The first-order valence-corrected chi connectivity index (χ1v) is 6.63. The van der Waals surface area contributed by atoms with E-state index in [9.17, 15) is 19.3 Å². The number of rotatable bonds is 6. The van der Waals surface area contributed by atoms with Crippen molar-refractivity contribution in [3.05, 3.63) is 33.6 Å². The minimum absolute atomic E-state index is 0.0850. The molecule has 0 atom stereocenters. The molecule has 0 saturated heterocycles. The van der Waals surface area contributed by atoms with Gasteiger partial charge in [0.05, 0.1) is 16.6 Å². The van der Waals surface area contributed by atoms with Crippen LogP contribution in [0.4, 0.5) is 15.8 Å². The second-order valence-corrected chi connectivity index (χ2v) is 5.52. The van der Waals surface area contributed by atoms with Crippen LogP contribution in [0.15, 0.2) is 12.1 Å². The molecule has 0 fully saturated rings. The summed E-state index contributed by atoms with van der Waals surface area (Å²) in [5.41, 5.74) is -0.862. The van der Waals surface area contributed by atoms with Crippen molar-refractivity contribution in [3.8, 4) is 0 Å². The minimum atomic E-state index is -1.45. The van der Waals surface area contributed by atoms with Gasteiger partial charge in [-0.2, -0.15) is 0 Å². The molecule has 116 valence electrons. The van der Waals surface area contributed by atoms with Gasteiger partial charge in [-0.15, -0.1) is 0 Å². The quantitative estimate of drug-likeness (QED) is 0.643. The molecule has 0 aliphatic rings. The number of nitro groups is 1. The van der Waals surface area contributed by atoms with Crippen LogP contribution in [-0.2, 0) is 0 Å². The van der Waals surface area contributed by atoms with Crippen LogP contribution in [0.3, 0.4) is 0 Å². The molecule has 0 aliphatic heterocycles. The number of hydrogen-bond donors (Lipinski definition) is 1. The zero-order valence-corrected chi connectivity index (χ0v) is 12.5. The Labute approximate surface area is 122 Å². The molecule has 0 amide bonds. The second kappa shape index (κ2) is 6.51. The Morgan fingerprint density at radius 3 is 2.33 bits per heavy atom. The van der Waals surface area contributed by atoms with Crippen LogP contribution in [0.1, 0.15) is 38.1 Å². The van der Waals surface area contributed by atoms with E-state index in [2.05, 4.69) is 0 Å². The Balaban J connectivity index is 3.51. The molecule has 0 aliphatic carbocycles. The van der Waals surface area contributed by atoms with E-state index in [1.165, 1.54) is 0 Å². The SMILES string of the molecule is CC(C)CN(c1cc(C(=O)O)c(F)cc1[N+](=O)[O-])C(C)C. The van der Waals surface area contributed by atoms with E-state index in [0.29, 0.717) is 12.6 Å². The summed E-state index contributed by atoms with van der Waals surface area (Å²) in [5, 5.41) is 20.1. The van der Waals surface area contributed by atoms with Crippen LogP contribution in [0.5, 0.6) is 0 Å².